The van der Waals surface area contributed by atoms with Crippen molar-refractivity contribution in [2.75, 3.05) is 7.05 Å². The zero-order chi connectivity index (χ0) is 18.1. The van der Waals surface area contributed by atoms with E-state index in [1.54, 1.807) is 12.1 Å². The van der Waals surface area contributed by atoms with Crippen LogP contribution in [0.25, 0.3) is 0 Å². The number of carbonyl (C=O) groups excluding carboxylic acids is 1. The molecule has 1 amide bonds. The molecule has 0 radical (unpaired) electrons. The number of nitrogens with zero attached hydrogens (tertiary/aromatic N) is 1. The van der Waals surface area contributed by atoms with Crippen LogP contribution in [0.5, 0.6) is 5.75 Å². The minimum atomic E-state index is -0.133. The topological polar surface area (TPSA) is 54.7 Å². The number of amides is 1. The molecule has 5 nitrogen and oxygen atoms in total. The maximum Gasteiger partial charge on any atom is 0.287 e. The first kappa shape index (κ1) is 17.6. The molecular formula is C20H23BrN2O3. The van der Waals surface area contributed by atoms with Crippen LogP contribution in [0.15, 0.2) is 45.3 Å². The predicted molar refractivity (Wildman–Crippen MR) is 102 cm³/mol. The van der Waals surface area contributed by atoms with Gasteiger partial charge in [-0.25, -0.2) is 0 Å². The van der Waals surface area contributed by atoms with E-state index in [-0.39, 0.29) is 18.6 Å². The first-order chi connectivity index (χ1) is 12.6. The number of piperidine rings is 1. The number of benzene rings is 1. The molecule has 0 spiro atoms. The molecule has 3 heterocycles. The minimum absolute atomic E-state index is 0.133. The van der Waals surface area contributed by atoms with Crippen molar-refractivity contribution in [2.45, 2.75) is 50.4 Å². The number of hydrogen-bond donors (Lipinski definition) is 1. The zero-order valence-corrected chi connectivity index (χ0v) is 16.4. The molecule has 2 aliphatic heterocycles. The Labute approximate surface area is 161 Å². The lowest BCUT2D eigenvalue weighted by Gasteiger charge is -2.36. The smallest absolute Gasteiger partial charge is 0.287 e. The lowest BCUT2D eigenvalue weighted by Crippen LogP contribution is -2.48. The van der Waals surface area contributed by atoms with Gasteiger partial charge in [-0.15, -0.1) is 0 Å². The number of nitrogens with one attached hydrogen (secondary N) is 1. The largest absolute Gasteiger partial charge is 0.484 e. The third-order valence-corrected chi connectivity index (χ3v) is 6.18. The van der Waals surface area contributed by atoms with Gasteiger partial charge in [0.05, 0.1) is 4.47 Å². The van der Waals surface area contributed by atoms with Gasteiger partial charge in [-0.1, -0.05) is 12.1 Å². The molecule has 2 unspecified atom stereocenters. The highest BCUT2D eigenvalue weighted by Gasteiger charge is 2.39. The summed E-state index contributed by atoms with van der Waals surface area (Å²) >= 11 is 3.45. The fourth-order valence-electron chi connectivity index (χ4n) is 4.07. The van der Waals surface area contributed by atoms with E-state index in [9.17, 15) is 4.79 Å². The number of rotatable bonds is 5. The van der Waals surface area contributed by atoms with Gasteiger partial charge in [0.15, 0.2) is 5.76 Å². The highest BCUT2D eigenvalue weighted by molar-refractivity contribution is 9.10. The average molecular weight is 419 g/mol. The minimum Gasteiger partial charge on any atom is -0.484 e. The van der Waals surface area contributed by atoms with Gasteiger partial charge in [-0.05, 0) is 72.9 Å². The molecule has 138 valence electrons. The molecule has 0 saturated carbocycles. The van der Waals surface area contributed by atoms with Crippen LogP contribution in [0.4, 0.5) is 0 Å². The van der Waals surface area contributed by atoms with Gasteiger partial charge >= 0.3 is 0 Å². The fraction of sp³-hybridized carbons (Fsp3) is 0.450. The Morgan fingerprint density at radius 1 is 1.23 bits per heavy atom. The summed E-state index contributed by atoms with van der Waals surface area (Å²) in [6, 6.07) is 12.6. The number of hydrogen-bond acceptors (Lipinski definition) is 4. The lowest BCUT2D eigenvalue weighted by atomic mass is 9.98. The Bertz CT molecular complexity index is 777. The number of halogens is 1. The normalized spacial score (nSPS) is 25.2. The van der Waals surface area contributed by atoms with Gasteiger partial charge in [0.25, 0.3) is 5.91 Å². The molecule has 26 heavy (non-hydrogen) atoms. The highest BCUT2D eigenvalue weighted by atomic mass is 79.9. The average Bonchev–Trinajstić information content (AvgIpc) is 3.16. The van der Waals surface area contributed by atoms with Crippen molar-refractivity contribution < 1.29 is 13.9 Å². The number of ether oxygens (including phenoxy) is 1. The van der Waals surface area contributed by atoms with Gasteiger partial charge in [-0.2, -0.15) is 0 Å². The van der Waals surface area contributed by atoms with E-state index >= 15 is 0 Å². The van der Waals surface area contributed by atoms with E-state index in [2.05, 4.69) is 33.2 Å². The maximum absolute atomic E-state index is 12.5. The summed E-state index contributed by atoms with van der Waals surface area (Å²) < 4.78 is 12.3. The van der Waals surface area contributed by atoms with E-state index in [4.69, 9.17) is 9.15 Å². The van der Waals surface area contributed by atoms with Gasteiger partial charge in [0, 0.05) is 18.1 Å². The Kier molecular flexibility index (Phi) is 5.05. The number of fused-ring (bicyclic) bond motifs is 2. The molecule has 2 fully saturated rings. The Hall–Kier alpha value is -1.79. The van der Waals surface area contributed by atoms with Gasteiger partial charge < -0.3 is 19.4 Å². The summed E-state index contributed by atoms with van der Waals surface area (Å²) in [5.41, 5.74) is 0. The van der Waals surface area contributed by atoms with Crippen LogP contribution >= 0.6 is 15.9 Å². The molecule has 1 aromatic carbocycles. The molecule has 4 rings (SSSR count). The van der Waals surface area contributed by atoms with Crippen molar-refractivity contribution in [1.82, 2.24) is 10.2 Å². The first-order valence-corrected chi connectivity index (χ1v) is 9.88. The van der Waals surface area contributed by atoms with Crippen molar-refractivity contribution in [1.29, 1.82) is 0 Å². The quantitative estimate of drug-likeness (QED) is 0.797. The summed E-state index contributed by atoms with van der Waals surface area (Å²) in [5.74, 6) is 1.60. The third-order valence-electron chi connectivity index (χ3n) is 5.53. The van der Waals surface area contributed by atoms with Crippen molar-refractivity contribution in [2.24, 2.45) is 0 Å². The van der Waals surface area contributed by atoms with Crippen molar-refractivity contribution in [3.05, 3.63) is 52.4 Å². The highest BCUT2D eigenvalue weighted by Crippen LogP contribution is 2.34. The van der Waals surface area contributed by atoms with Gasteiger partial charge in [0.1, 0.15) is 18.1 Å². The van der Waals surface area contributed by atoms with E-state index in [1.165, 1.54) is 12.8 Å². The summed E-state index contributed by atoms with van der Waals surface area (Å²) in [6.45, 7) is 0.286. The van der Waals surface area contributed by atoms with Crippen LogP contribution in [0.1, 0.15) is 42.0 Å². The summed E-state index contributed by atoms with van der Waals surface area (Å²) in [5, 5.41) is 3.15. The van der Waals surface area contributed by atoms with E-state index in [0.717, 1.165) is 23.1 Å². The van der Waals surface area contributed by atoms with Crippen LogP contribution in [0, 0.1) is 0 Å². The summed E-state index contributed by atoms with van der Waals surface area (Å²) in [7, 11) is 2.20. The predicted octanol–water partition coefficient (Wildman–Crippen LogP) is 3.98. The fourth-order valence-corrected chi connectivity index (χ4v) is 4.47. The molecule has 2 atom stereocenters. The van der Waals surface area contributed by atoms with Crippen molar-refractivity contribution in [3.63, 3.8) is 0 Å². The van der Waals surface area contributed by atoms with Gasteiger partial charge in [0.2, 0.25) is 0 Å². The summed E-state index contributed by atoms with van der Waals surface area (Å²) in [4.78, 5) is 15.0. The monoisotopic (exact) mass is 418 g/mol. The summed E-state index contributed by atoms with van der Waals surface area (Å²) in [6.07, 6.45) is 4.53. The zero-order valence-electron chi connectivity index (χ0n) is 14.8. The number of furan rings is 1. The number of carbonyl (C=O) groups is 1. The van der Waals surface area contributed by atoms with Crippen LogP contribution in [-0.4, -0.2) is 36.0 Å². The molecule has 6 heteroatoms. The third kappa shape index (κ3) is 3.67. The number of para-hydroxylation sites is 1. The molecule has 1 aromatic heterocycles. The Morgan fingerprint density at radius 2 is 1.96 bits per heavy atom. The second-order valence-electron chi connectivity index (χ2n) is 7.18. The molecule has 2 aliphatic rings. The van der Waals surface area contributed by atoms with E-state index in [1.807, 2.05) is 24.3 Å². The molecule has 0 aliphatic carbocycles. The molecular weight excluding hydrogens is 396 g/mol. The molecule has 2 aromatic rings. The van der Waals surface area contributed by atoms with E-state index < -0.39 is 0 Å². The van der Waals surface area contributed by atoms with Crippen LogP contribution in [-0.2, 0) is 6.61 Å². The van der Waals surface area contributed by atoms with Crippen molar-refractivity contribution >= 4 is 21.8 Å². The molecule has 2 saturated heterocycles. The van der Waals surface area contributed by atoms with Crippen molar-refractivity contribution in [3.8, 4) is 5.75 Å². The molecule has 2 bridgehead atoms. The first-order valence-electron chi connectivity index (χ1n) is 9.09. The Morgan fingerprint density at radius 3 is 2.69 bits per heavy atom. The second kappa shape index (κ2) is 7.45. The van der Waals surface area contributed by atoms with Crippen LogP contribution < -0.4 is 10.1 Å². The van der Waals surface area contributed by atoms with Crippen LogP contribution in [0.2, 0.25) is 0 Å². The molecule has 1 N–H and O–H groups in total. The standard InChI is InChI=1S/C20H23BrN2O3/c1-23-14-6-7-15(23)11-13(10-14)22-20(24)19-9-8-16(26-19)12-25-18-5-3-2-4-17(18)21/h2-5,8-9,13-15H,6-7,10-12H2,1H3,(H,22,24). The van der Waals surface area contributed by atoms with Crippen LogP contribution in [0.3, 0.4) is 0 Å². The second-order valence-corrected chi connectivity index (χ2v) is 8.03. The van der Waals surface area contributed by atoms with Gasteiger partial charge in [-0.3, -0.25) is 4.79 Å². The lowest BCUT2D eigenvalue weighted by molar-refractivity contribution is 0.0851. The van der Waals surface area contributed by atoms with E-state index in [0.29, 0.717) is 23.6 Å². The Balaban J connectivity index is 1.33. The SMILES string of the molecule is CN1C2CCC1CC(NC(=O)c1ccc(COc3ccccc3Br)o1)C2. The maximum atomic E-state index is 12.5.